The fourth-order valence-electron chi connectivity index (χ4n) is 2.19. The van der Waals surface area contributed by atoms with Gasteiger partial charge in [0.1, 0.15) is 0 Å². The molecule has 3 N–H and O–H groups in total. The van der Waals surface area contributed by atoms with Crippen LogP contribution in [0.2, 0.25) is 0 Å². The van der Waals surface area contributed by atoms with E-state index in [1.807, 2.05) is 43.5 Å². The highest BCUT2D eigenvalue weighted by Gasteiger charge is 2.13. The Morgan fingerprint density at radius 2 is 1.70 bits per heavy atom. The molecule has 0 saturated heterocycles. The lowest BCUT2D eigenvalue weighted by atomic mass is 10.00. The van der Waals surface area contributed by atoms with Gasteiger partial charge in [-0.15, -0.1) is 0 Å². The Bertz CT molecular complexity index is 724. The predicted molar refractivity (Wildman–Crippen MR) is 77.7 cm³/mol. The van der Waals surface area contributed by atoms with E-state index in [1.165, 1.54) is 0 Å². The first-order valence-electron chi connectivity index (χ1n) is 6.37. The van der Waals surface area contributed by atoms with Crippen molar-refractivity contribution < 1.29 is 0 Å². The smallest absolute Gasteiger partial charge is 0.0890 e. The van der Waals surface area contributed by atoms with Crippen molar-refractivity contribution >= 4 is 11.0 Å². The lowest BCUT2D eigenvalue weighted by Gasteiger charge is -2.17. The summed E-state index contributed by atoms with van der Waals surface area (Å²) in [4.78, 5) is 12.9. The molecule has 3 aromatic rings. The number of nitrogens with two attached hydrogens (primary N) is 1. The van der Waals surface area contributed by atoms with Gasteiger partial charge < -0.3 is 0 Å². The first-order valence-corrected chi connectivity index (χ1v) is 6.37. The van der Waals surface area contributed by atoms with E-state index >= 15 is 0 Å². The summed E-state index contributed by atoms with van der Waals surface area (Å²) in [5, 5.41) is 0. The van der Waals surface area contributed by atoms with Crippen LogP contribution in [0.3, 0.4) is 0 Å². The van der Waals surface area contributed by atoms with Gasteiger partial charge in [-0.05, 0) is 36.2 Å². The van der Waals surface area contributed by atoms with E-state index in [0.29, 0.717) is 0 Å². The van der Waals surface area contributed by atoms with Crippen molar-refractivity contribution in [1.29, 1.82) is 0 Å². The molecule has 0 saturated carbocycles. The van der Waals surface area contributed by atoms with Crippen molar-refractivity contribution in [2.45, 2.75) is 13.0 Å². The monoisotopic (exact) mass is 265 g/mol. The fourth-order valence-corrected chi connectivity index (χ4v) is 2.19. The Morgan fingerprint density at radius 1 is 0.950 bits per heavy atom. The maximum Gasteiger partial charge on any atom is 0.0890 e. The molecule has 0 aliphatic rings. The Labute approximate surface area is 116 Å². The third-order valence-corrected chi connectivity index (χ3v) is 3.26. The van der Waals surface area contributed by atoms with Gasteiger partial charge in [-0.3, -0.25) is 20.8 Å². The molecule has 0 bridgehead atoms. The van der Waals surface area contributed by atoms with Gasteiger partial charge in [0.25, 0.3) is 0 Å². The van der Waals surface area contributed by atoms with Crippen molar-refractivity contribution in [3.63, 3.8) is 0 Å². The van der Waals surface area contributed by atoms with Gasteiger partial charge in [0, 0.05) is 24.3 Å². The van der Waals surface area contributed by atoms with Crippen LogP contribution in [0.15, 0.2) is 48.9 Å². The zero-order valence-electron chi connectivity index (χ0n) is 11.1. The molecular formula is C15H15N5. The first kappa shape index (κ1) is 12.7. The maximum atomic E-state index is 5.71. The number of pyridine rings is 1. The van der Waals surface area contributed by atoms with Gasteiger partial charge in [-0.1, -0.05) is 12.1 Å². The molecule has 1 atom stereocenters. The lowest BCUT2D eigenvalue weighted by Crippen LogP contribution is -2.28. The minimum Gasteiger partial charge on any atom is -0.271 e. The summed E-state index contributed by atoms with van der Waals surface area (Å²) in [5.41, 5.74) is 7.58. The molecular weight excluding hydrogens is 250 g/mol. The van der Waals surface area contributed by atoms with E-state index in [2.05, 4.69) is 20.4 Å². The molecule has 0 fully saturated rings. The van der Waals surface area contributed by atoms with E-state index in [0.717, 1.165) is 27.9 Å². The summed E-state index contributed by atoms with van der Waals surface area (Å²) in [6.45, 7) is 1.96. The van der Waals surface area contributed by atoms with Crippen LogP contribution >= 0.6 is 0 Å². The van der Waals surface area contributed by atoms with Crippen LogP contribution in [0.25, 0.3) is 11.0 Å². The summed E-state index contributed by atoms with van der Waals surface area (Å²) < 4.78 is 0. The zero-order valence-corrected chi connectivity index (χ0v) is 11.1. The molecule has 100 valence electrons. The van der Waals surface area contributed by atoms with Crippen LogP contribution in [0.5, 0.6) is 0 Å². The van der Waals surface area contributed by atoms with Crippen molar-refractivity contribution in [3.05, 3.63) is 65.7 Å². The van der Waals surface area contributed by atoms with Gasteiger partial charge in [0.05, 0.1) is 17.1 Å². The molecule has 0 radical (unpaired) electrons. The summed E-state index contributed by atoms with van der Waals surface area (Å²) in [6.07, 6.45) is 5.20. The molecule has 2 aromatic heterocycles. The standard InChI is InChI=1S/C15H15N5/c1-10-2-3-12(9-19-10)15(20-16)11-4-5-13-14(8-11)18-7-6-17-13/h2-9,15,20H,16H2,1H3. The summed E-state index contributed by atoms with van der Waals surface area (Å²) >= 11 is 0. The van der Waals surface area contributed by atoms with Crippen LogP contribution in [-0.4, -0.2) is 15.0 Å². The van der Waals surface area contributed by atoms with Crippen molar-refractivity contribution in [2.24, 2.45) is 5.84 Å². The second-order valence-electron chi connectivity index (χ2n) is 4.64. The largest absolute Gasteiger partial charge is 0.271 e. The minimum absolute atomic E-state index is 0.116. The van der Waals surface area contributed by atoms with Crippen LogP contribution in [0, 0.1) is 6.92 Å². The van der Waals surface area contributed by atoms with E-state index in [-0.39, 0.29) is 6.04 Å². The highest BCUT2D eigenvalue weighted by molar-refractivity contribution is 5.74. The zero-order chi connectivity index (χ0) is 13.9. The van der Waals surface area contributed by atoms with Crippen LogP contribution in [0.4, 0.5) is 0 Å². The SMILES string of the molecule is Cc1ccc(C(NN)c2ccc3nccnc3c2)cn1. The van der Waals surface area contributed by atoms with E-state index in [1.54, 1.807) is 12.4 Å². The first-order chi connectivity index (χ1) is 9.78. The van der Waals surface area contributed by atoms with E-state index in [4.69, 9.17) is 5.84 Å². The number of aryl methyl sites for hydroxylation is 1. The molecule has 3 rings (SSSR count). The molecule has 1 unspecified atom stereocenters. The van der Waals surface area contributed by atoms with Gasteiger partial charge >= 0.3 is 0 Å². The average molecular weight is 265 g/mol. The number of aromatic nitrogens is 3. The molecule has 20 heavy (non-hydrogen) atoms. The lowest BCUT2D eigenvalue weighted by molar-refractivity contribution is 0.635. The fraction of sp³-hybridized carbons (Fsp3) is 0.133. The number of hydrogen-bond acceptors (Lipinski definition) is 5. The van der Waals surface area contributed by atoms with Crippen molar-refractivity contribution in [1.82, 2.24) is 20.4 Å². The third-order valence-electron chi connectivity index (χ3n) is 3.26. The number of hydrazine groups is 1. The number of hydrogen-bond donors (Lipinski definition) is 2. The highest BCUT2D eigenvalue weighted by Crippen LogP contribution is 2.23. The summed E-state index contributed by atoms with van der Waals surface area (Å²) in [5.74, 6) is 5.71. The van der Waals surface area contributed by atoms with E-state index < -0.39 is 0 Å². The molecule has 2 heterocycles. The van der Waals surface area contributed by atoms with Crippen LogP contribution in [-0.2, 0) is 0 Å². The van der Waals surface area contributed by atoms with Crippen LogP contribution < -0.4 is 11.3 Å². The molecule has 5 heteroatoms. The number of benzene rings is 1. The molecule has 0 aliphatic heterocycles. The van der Waals surface area contributed by atoms with Gasteiger partial charge in [-0.2, -0.15) is 0 Å². The quantitative estimate of drug-likeness (QED) is 0.558. The Kier molecular flexibility index (Phi) is 3.37. The topological polar surface area (TPSA) is 76.7 Å². The third kappa shape index (κ3) is 2.36. The maximum absolute atomic E-state index is 5.71. The number of nitrogens with zero attached hydrogens (tertiary/aromatic N) is 3. The molecule has 5 nitrogen and oxygen atoms in total. The van der Waals surface area contributed by atoms with Gasteiger partial charge in [0.2, 0.25) is 0 Å². The average Bonchev–Trinajstić information content (AvgIpc) is 2.50. The number of nitrogens with one attached hydrogen (secondary N) is 1. The Morgan fingerprint density at radius 3 is 2.40 bits per heavy atom. The Balaban J connectivity index is 2.04. The highest BCUT2D eigenvalue weighted by atomic mass is 15.2. The summed E-state index contributed by atoms with van der Waals surface area (Å²) in [6, 6.07) is 9.82. The number of fused-ring (bicyclic) bond motifs is 1. The second kappa shape index (κ2) is 5.32. The molecule has 0 aliphatic carbocycles. The number of rotatable bonds is 3. The second-order valence-corrected chi connectivity index (χ2v) is 4.64. The normalized spacial score (nSPS) is 12.5. The van der Waals surface area contributed by atoms with Gasteiger partial charge in [0.15, 0.2) is 0 Å². The van der Waals surface area contributed by atoms with E-state index in [9.17, 15) is 0 Å². The van der Waals surface area contributed by atoms with Gasteiger partial charge in [-0.25, -0.2) is 5.43 Å². The molecule has 0 amide bonds. The van der Waals surface area contributed by atoms with Crippen molar-refractivity contribution in [2.75, 3.05) is 0 Å². The minimum atomic E-state index is -0.116. The molecule has 1 aromatic carbocycles. The summed E-state index contributed by atoms with van der Waals surface area (Å²) in [7, 11) is 0. The van der Waals surface area contributed by atoms with Crippen LogP contribution in [0.1, 0.15) is 22.9 Å². The predicted octanol–water partition coefficient (Wildman–Crippen LogP) is 1.89. The Hall–Kier alpha value is -2.37. The van der Waals surface area contributed by atoms with Crippen molar-refractivity contribution in [3.8, 4) is 0 Å². The molecule has 0 spiro atoms.